The van der Waals surface area contributed by atoms with E-state index in [0.29, 0.717) is 17.1 Å². The average Bonchev–Trinajstić information content (AvgIpc) is 2.47. The highest BCUT2D eigenvalue weighted by molar-refractivity contribution is 8.00. The van der Waals surface area contributed by atoms with E-state index in [9.17, 15) is 4.79 Å². The Morgan fingerprint density at radius 3 is 2.85 bits per heavy atom. The Balaban J connectivity index is 1.93. The van der Waals surface area contributed by atoms with Crippen molar-refractivity contribution in [3.8, 4) is 6.07 Å². The Bertz CT molecular complexity index is 649. The number of anilines is 2. The summed E-state index contributed by atoms with van der Waals surface area (Å²) in [6.45, 7) is 0. The van der Waals surface area contributed by atoms with Gasteiger partial charge in [-0.2, -0.15) is 5.26 Å². The Morgan fingerprint density at radius 1 is 1.35 bits per heavy atom. The van der Waals surface area contributed by atoms with Crippen LogP contribution in [0.25, 0.3) is 0 Å². The van der Waals surface area contributed by atoms with Crippen LogP contribution in [0.3, 0.4) is 0 Å². The monoisotopic (exact) mass is 284 g/mol. The molecule has 0 spiro atoms. The summed E-state index contributed by atoms with van der Waals surface area (Å²) in [6.07, 6.45) is 1.62. The summed E-state index contributed by atoms with van der Waals surface area (Å²) in [5.74, 6) is 0.516. The second-order valence-corrected chi connectivity index (χ2v) is 4.96. The smallest absolute Gasteiger partial charge is 0.234 e. The number of benzene rings is 1. The molecule has 3 N–H and O–H groups in total. The minimum atomic E-state index is -0.172. The van der Waals surface area contributed by atoms with E-state index in [2.05, 4.69) is 10.3 Å². The first-order valence-electron chi connectivity index (χ1n) is 5.82. The van der Waals surface area contributed by atoms with E-state index >= 15 is 0 Å². The molecule has 0 unspecified atom stereocenters. The van der Waals surface area contributed by atoms with Crippen LogP contribution in [0.5, 0.6) is 0 Å². The summed E-state index contributed by atoms with van der Waals surface area (Å²) < 4.78 is 0. The van der Waals surface area contributed by atoms with Crippen molar-refractivity contribution in [1.29, 1.82) is 5.26 Å². The molecule has 0 saturated carbocycles. The number of carbonyl (C=O) groups is 1. The van der Waals surface area contributed by atoms with Gasteiger partial charge in [0.25, 0.3) is 0 Å². The van der Waals surface area contributed by atoms with Gasteiger partial charge in [0.2, 0.25) is 5.91 Å². The topological polar surface area (TPSA) is 91.8 Å². The van der Waals surface area contributed by atoms with Gasteiger partial charge in [0.1, 0.15) is 11.9 Å². The van der Waals surface area contributed by atoms with E-state index in [4.69, 9.17) is 11.0 Å². The number of nitrogen functional groups attached to an aromatic ring is 1. The molecule has 1 heterocycles. The molecule has 0 atom stereocenters. The highest BCUT2D eigenvalue weighted by Gasteiger charge is 2.07. The van der Waals surface area contributed by atoms with Gasteiger partial charge < -0.3 is 11.1 Å². The maximum Gasteiger partial charge on any atom is 0.234 e. The molecule has 0 aliphatic rings. The number of para-hydroxylation sites is 1. The fourth-order valence-corrected chi connectivity index (χ4v) is 2.16. The second kappa shape index (κ2) is 6.59. The van der Waals surface area contributed by atoms with Crippen LogP contribution in [0.1, 0.15) is 5.56 Å². The molecule has 5 nitrogen and oxygen atoms in total. The number of nitriles is 1. The zero-order chi connectivity index (χ0) is 14.4. The molecule has 1 aromatic carbocycles. The Kier molecular flexibility index (Phi) is 4.58. The van der Waals surface area contributed by atoms with Crippen LogP contribution in [0, 0.1) is 11.3 Å². The predicted octanol–water partition coefficient (Wildman–Crippen LogP) is 2.27. The lowest BCUT2D eigenvalue weighted by atomic mass is 10.2. The number of carbonyl (C=O) groups excluding carboxylic acids is 1. The van der Waals surface area contributed by atoms with Gasteiger partial charge in [0, 0.05) is 11.1 Å². The van der Waals surface area contributed by atoms with Crippen LogP contribution in [-0.2, 0) is 4.79 Å². The number of nitrogens with two attached hydrogens (primary N) is 1. The van der Waals surface area contributed by atoms with Crippen molar-refractivity contribution in [3.63, 3.8) is 0 Å². The van der Waals surface area contributed by atoms with E-state index in [-0.39, 0.29) is 11.7 Å². The minimum Gasteiger partial charge on any atom is -0.384 e. The van der Waals surface area contributed by atoms with Crippen LogP contribution in [0.15, 0.2) is 47.5 Å². The van der Waals surface area contributed by atoms with E-state index < -0.39 is 0 Å². The highest BCUT2D eigenvalue weighted by Crippen LogP contribution is 2.19. The first kappa shape index (κ1) is 13.9. The second-order valence-electron chi connectivity index (χ2n) is 3.91. The Morgan fingerprint density at radius 2 is 2.15 bits per heavy atom. The SMILES string of the molecule is N#Cc1ccccc1NC(=O)CSc1ccc(N)nc1. The zero-order valence-corrected chi connectivity index (χ0v) is 11.4. The van der Waals surface area contributed by atoms with Crippen LogP contribution in [0.4, 0.5) is 11.5 Å². The molecular formula is C14H12N4OS. The third-order valence-electron chi connectivity index (χ3n) is 2.45. The molecule has 20 heavy (non-hydrogen) atoms. The van der Waals surface area contributed by atoms with Gasteiger partial charge in [0.15, 0.2) is 0 Å². The number of nitrogens with zero attached hydrogens (tertiary/aromatic N) is 2. The predicted molar refractivity (Wildman–Crippen MR) is 79.2 cm³/mol. The molecule has 0 saturated heterocycles. The number of aromatic nitrogens is 1. The molecule has 0 bridgehead atoms. The van der Waals surface area contributed by atoms with Gasteiger partial charge in [-0.15, -0.1) is 11.8 Å². The van der Waals surface area contributed by atoms with Crippen molar-refractivity contribution in [2.45, 2.75) is 4.90 Å². The molecule has 0 radical (unpaired) electrons. The Hall–Kier alpha value is -2.52. The number of thioether (sulfide) groups is 1. The van der Waals surface area contributed by atoms with E-state index in [1.54, 1.807) is 36.5 Å². The fourth-order valence-electron chi connectivity index (χ4n) is 1.50. The summed E-state index contributed by atoms with van der Waals surface area (Å²) in [6, 6.07) is 12.4. The molecule has 0 aliphatic heterocycles. The van der Waals surface area contributed by atoms with Crippen LogP contribution in [-0.4, -0.2) is 16.6 Å². The zero-order valence-electron chi connectivity index (χ0n) is 10.5. The normalized spacial score (nSPS) is 9.75. The quantitative estimate of drug-likeness (QED) is 0.840. The van der Waals surface area contributed by atoms with Gasteiger partial charge in [0.05, 0.1) is 17.0 Å². The van der Waals surface area contributed by atoms with Gasteiger partial charge in [-0.25, -0.2) is 4.98 Å². The van der Waals surface area contributed by atoms with Crippen molar-refractivity contribution in [3.05, 3.63) is 48.2 Å². The third kappa shape index (κ3) is 3.73. The summed E-state index contributed by atoms with van der Waals surface area (Å²) >= 11 is 1.36. The lowest BCUT2D eigenvalue weighted by molar-refractivity contribution is -0.113. The summed E-state index contributed by atoms with van der Waals surface area (Å²) in [7, 11) is 0. The molecule has 0 aliphatic carbocycles. The molecule has 6 heteroatoms. The maximum absolute atomic E-state index is 11.8. The van der Waals surface area contributed by atoms with Gasteiger partial charge in [-0.3, -0.25) is 4.79 Å². The van der Waals surface area contributed by atoms with Gasteiger partial charge in [-0.1, -0.05) is 12.1 Å². The molecule has 100 valence electrons. The number of rotatable bonds is 4. The van der Waals surface area contributed by atoms with E-state index in [0.717, 1.165) is 4.90 Å². The molecule has 1 amide bonds. The van der Waals surface area contributed by atoms with Crippen molar-refractivity contribution < 1.29 is 4.79 Å². The molecule has 2 rings (SSSR count). The van der Waals surface area contributed by atoms with Crippen molar-refractivity contribution >= 4 is 29.2 Å². The molecule has 0 fully saturated rings. The van der Waals surface area contributed by atoms with E-state index in [1.807, 2.05) is 12.1 Å². The summed E-state index contributed by atoms with van der Waals surface area (Å²) in [5.41, 5.74) is 6.46. The molecule has 1 aromatic heterocycles. The van der Waals surface area contributed by atoms with Crippen LogP contribution < -0.4 is 11.1 Å². The summed E-state index contributed by atoms with van der Waals surface area (Å²) in [5, 5.41) is 11.7. The number of pyridine rings is 1. The largest absolute Gasteiger partial charge is 0.384 e. The average molecular weight is 284 g/mol. The maximum atomic E-state index is 11.8. The van der Waals surface area contributed by atoms with Crippen LogP contribution >= 0.6 is 11.8 Å². The van der Waals surface area contributed by atoms with Crippen molar-refractivity contribution in [1.82, 2.24) is 4.98 Å². The van der Waals surface area contributed by atoms with E-state index in [1.165, 1.54) is 11.8 Å². The molecular weight excluding hydrogens is 272 g/mol. The highest BCUT2D eigenvalue weighted by atomic mass is 32.2. The number of nitrogens with one attached hydrogen (secondary N) is 1. The first-order valence-corrected chi connectivity index (χ1v) is 6.81. The molecule has 2 aromatic rings. The number of hydrogen-bond acceptors (Lipinski definition) is 5. The van der Waals surface area contributed by atoms with Crippen molar-refractivity contribution in [2.75, 3.05) is 16.8 Å². The lowest BCUT2D eigenvalue weighted by Gasteiger charge is -2.06. The van der Waals surface area contributed by atoms with Gasteiger partial charge in [-0.05, 0) is 24.3 Å². The van der Waals surface area contributed by atoms with Crippen LogP contribution in [0.2, 0.25) is 0 Å². The summed E-state index contributed by atoms with van der Waals surface area (Å²) in [4.78, 5) is 16.6. The van der Waals surface area contributed by atoms with Gasteiger partial charge >= 0.3 is 0 Å². The minimum absolute atomic E-state index is 0.172. The number of amides is 1. The Labute approximate surface area is 120 Å². The standard InChI is InChI=1S/C14H12N4OS/c15-7-10-3-1-2-4-12(10)18-14(19)9-20-11-5-6-13(16)17-8-11/h1-6,8H,9H2,(H2,16,17)(H,18,19). The number of hydrogen-bond donors (Lipinski definition) is 2. The first-order chi connectivity index (χ1) is 9.69. The van der Waals surface area contributed by atoms with Crippen molar-refractivity contribution in [2.24, 2.45) is 0 Å². The lowest BCUT2D eigenvalue weighted by Crippen LogP contribution is -2.14. The fraction of sp³-hybridized carbons (Fsp3) is 0.0714. The third-order valence-corrected chi connectivity index (χ3v) is 3.43.